The molecule has 8 heteroatoms. The van der Waals surface area contributed by atoms with E-state index >= 15 is 0 Å². The molecule has 1 atom stereocenters. The second-order valence-corrected chi connectivity index (χ2v) is 8.00. The Labute approximate surface area is 169 Å². The molecule has 1 aromatic carbocycles. The van der Waals surface area contributed by atoms with Gasteiger partial charge in [-0.1, -0.05) is 19.1 Å². The third-order valence-electron chi connectivity index (χ3n) is 5.69. The summed E-state index contributed by atoms with van der Waals surface area (Å²) in [5.74, 6) is -0.763. The smallest absolute Gasteiger partial charge is 0.353 e. The minimum atomic E-state index is -4.42. The Bertz CT molecular complexity index is 730. The van der Waals surface area contributed by atoms with E-state index in [1.165, 1.54) is 11.0 Å². The van der Waals surface area contributed by atoms with E-state index in [1.54, 1.807) is 6.07 Å². The summed E-state index contributed by atoms with van der Waals surface area (Å²) in [5.41, 5.74) is -0.317. The number of carbonyl (C=O) groups excluding carboxylic acids is 2. The van der Waals surface area contributed by atoms with Gasteiger partial charge in [0, 0.05) is 38.6 Å². The minimum absolute atomic E-state index is 0.0853. The lowest BCUT2D eigenvalue weighted by Gasteiger charge is -2.32. The van der Waals surface area contributed by atoms with Gasteiger partial charge in [-0.3, -0.25) is 9.59 Å². The molecule has 1 aromatic rings. The number of alkyl halides is 3. The van der Waals surface area contributed by atoms with Gasteiger partial charge in [-0.05, 0) is 43.5 Å². The molecule has 3 rings (SSSR count). The van der Waals surface area contributed by atoms with Crippen molar-refractivity contribution in [3.8, 4) is 0 Å². The highest BCUT2D eigenvalue weighted by atomic mass is 19.4. The summed E-state index contributed by atoms with van der Waals surface area (Å²) in [4.78, 5) is 28.8. The van der Waals surface area contributed by atoms with Crippen LogP contribution in [-0.2, 0) is 22.3 Å². The maximum atomic E-state index is 12.9. The fourth-order valence-electron chi connectivity index (χ4n) is 4.10. The van der Waals surface area contributed by atoms with Crippen LogP contribution in [0.2, 0.25) is 0 Å². The second-order valence-electron chi connectivity index (χ2n) is 8.00. The van der Waals surface area contributed by atoms with E-state index in [9.17, 15) is 22.8 Å². The van der Waals surface area contributed by atoms with E-state index < -0.39 is 17.7 Å². The number of benzene rings is 1. The fraction of sp³-hybridized carbons (Fsp3) is 0.619. The van der Waals surface area contributed by atoms with Crippen LogP contribution in [0.5, 0.6) is 0 Å². The van der Waals surface area contributed by atoms with Gasteiger partial charge in [0.25, 0.3) is 0 Å². The molecule has 0 aliphatic carbocycles. The van der Waals surface area contributed by atoms with Crippen LogP contribution in [-0.4, -0.2) is 53.8 Å². The summed E-state index contributed by atoms with van der Waals surface area (Å²) in [7, 11) is 0. The number of hydrogen-bond acceptors (Lipinski definition) is 3. The van der Waals surface area contributed by atoms with Crippen molar-refractivity contribution in [2.45, 2.75) is 51.4 Å². The third kappa shape index (κ3) is 5.72. The van der Waals surface area contributed by atoms with E-state index in [-0.39, 0.29) is 37.4 Å². The van der Waals surface area contributed by atoms with Crippen LogP contribution in [0, 0.1) is 5.92 Å². The minimum Gasteiger partial charge on any atom is -0.353 e. The van der Waals surface area contributed by atoms with Crippen LogP contribution in [0.1, 0.15) is 43.7 Å². The summed E-state index contributed by atoms with van der Waals surface area (Å²) in [6, 6.07) is 5.11. The highest BCUT2D eigenvalue weighted by Gasteiger charge is 2.36. The number of nitrogens with zero attached hydrogens (tertiary/aromatic N) is 2. The van der Waals surface area contributed by atoms with E-state index in [2.05, 4.69) is 17.1 Å². The van der Waals surface area contributed by atoms with Crippen LogP contribution < -0.4 is 5.32 Å². The maximum Gasteiger partial charge on any atom is 0.416 e. The van der Waals surface area contributed by atoms with Crippen molar-refractivity contribution in [3.63, 3.8) is 0 Å². The molecule has 2 amide bonds. The molecule has 0 bridgehead atoms. The largest absolute Gasteiger partial charge is 0.416 e. The second kappa shape index (κ2) is 9.15. The molecule has 5 nitrogen and oxygen atoms in total. The molecule has 2 aliphatic heterocycles. The van der Waals surface area contributed by atoms with Crippen LogP contribution in [0.4, 0.5) is 13.2 Å². The summed E-state index contributed by atoms with van der Waals surface area (Å²) in [6.07, 6.45) is -1.39. The first-order valence-corrected chi connectivity index (χ1v) is 10.2. The summed E-state index contributed by atoms with van der Waals surface area (Å²) in [5, 5.41) is 3.06. The summed E-state index contributed by atoms with van der Waals surface area (Å²) in [6.45, 7) is 5.48. The van der Waals surface area contributed by atoms with Gasteiger partial charge in [0.05, 0.1) is 11.5 Å². The third-order valence-corrected chi connectivity index (χ3v) is 5.69. The van der Waals surface area contributed by atoms with Crippen LogP contribution in [0.3, 0.4) is 0 Å². The Morgan fingerprint density at radius 1 is 1.24 bits per heavy atom. The lowest BCUT2D eigenvalue weighted by atomic mass is 10.0. The van der Waals surface area contributed by atoms with Gasteiger partial charge in [-0.2, -0.15) is 13.2 Å². The standard InChI is InChI=1S/C21H28F3N3O2/c1-2-8-26-9-6-18(7-10-26)25-20(29)16-12-19(28)27(14-16)13-15-4-3-5-17(11-15)21(22,23)24/h3-5,11,16,18H,2,6-10,12-14H2,1H3,(H,25,29). The SMILES string of the molecule is CCCN1CCC(NC(=O)C2CC(=O)N(Cc3cccc(C(F)(F)F)c3)C2)CC1. The molecule has 2 aliphatic rings. The maximum absolute atomic E-state index is 12.9. The highest BCUT2D eigenvalue weighted by molar-refractivity contribution is 5.89. The normalized spacial score (nSPS) is 21.6. The molecule has 0 saturated carbocycles. The van der Waals surface area contributed by atoms with Crippen molar-refractivity contribution in [3.05, 3.63) is 35.4 Å². The lowest BCUT2D eigenvalue weighted by Crippen LogP contribution is -2.46. The Morgan fingerprint density at radius 2 is 1.97 bits per heavy atom. The number of carbonyl (C=O) groups is 2. The van der Waals surface area contributed by atoms with Crippen molar-refractivity contribution >= 4 is 11.8 Å². The van der Waals surface area contributed by atoms with Gasteiger partial charge < -0.3 is 15.1 Å². The number of amides is 2. The molecule has 0 radical (unpaired) electrons. The highest BCUT2D eigenvalue weighted by Crippen LogP contribution is 2.30. The summed E-state index contributed by atoms with van der Waals surface area (Å²) < 4.78 is 38.6. The van der Waals surface area contributed by atoms with Gasteiger partial charge >= 0.3 is 6.18 Å². The molecule has 2 fully saturated rings. The molecule has 160 valence electrons. The number of nitrogens with one attached hydrogen (secondary N) is 1. The predicted octanol–water partition coefficient (Wildman–Crippen LogP) is 3.04. The molecule has 1 N–H and O–H groups in total. The topological polar surface area (TPSA) is 52.7 Å². The molecular weight excluding hydrogens is 383 g/mol. The molecule has 0 aromatic heterocycles. The number of hydrogen-bond donors (Lipinski definition) is 1. The molecule has 1 unspecified atom stereocenters. The van der Waals surface area contributed by atoms with E-state index in [0.717, 1.165) is 51.0 Å². The quantitative estimate of drug-likeness (QED) is 0.783. The Hall–Kier alpha value is -2.09. The zero-order chi connectivity index (χ0) is 21.0. The molecule has 2 heterocycles. The zero-order valence-electron chi connectivity index (χ0n) is 16.7. The van der Waals surface area contributed by atoms with E-state index in [0.29, 0.717) is 5.56 Å². The number of likely N-dealkylation sites (tertiary alicyclic amines) is 2. The molecular formula is C21H28F3N3O2. The van der Waals surface area contributed by atoms with Crippen molar-refractivity contribution in [2.24, 2.45) is 5.92 Å². The average Bonchev–Trinajstić information content (AvgIpc) is 3.04. The molecule has 0 spiro atoms. The lowest BCUT2D eigenvalue weighted by molar-refractivity contribution is -0.137. The van der Waals surface area contributed by atoms with Crippen LogP contribution >= 0.6 is 0 Å². The number of halogens is 3. The van der Waals surface area contributed by atoms with Crippen LogP contribution in [0.25, 0.3) is 0 Å². The Kier molecular flexibility index (Phi) is 6.82. The molecule has 2 saturated heterocycles. The Balaban J connectivity index is 1.52. The van der Waals surface area contributed by atoms with Crippen molar-refractivity contribution in [1.29, 1.82) is 0 Å². The first-order chi connectivity index (χ1) is 13.8. The van der Waals surface area contributed by atoms with Gasteiger partial charge in [0.15, 0.2) is 0 Å². The van der Waals surface area contributed by atoms with Gasteiger partial charge in [0.1, 0.15) is 0 Å². The average molecular weight is 411 g/mol. The monoisotopic (exact) mass is 411 g/mol. The molecule has 29 heavy (non-hydrogen) atoms. The summed E-state index contributed by atoms with van der Waals surface area (Å²) >= 11 is 0. The first-order valence-electron chi connectivity index (χ1n) is 10.2. The van der Waals surface area contributed by atoms with Gasteiger partial charge in [-0.15, -0.1) is 0 Å². The van der Waals surface area contributed by atoms with E-state index in [1.807, 2.05) is 0 Å². The number of rotatable bonds is 6. The van der Waals surface area contributed by atoms with Crippen molar-refractivity contribution < 1.29 is 22.8 Å². The van der Waals surface area contributed by atoms with Crippen molar-refractivity contribution in [1.82, 2.24) is 15.1 Å². The van der Waals surface area contributed by atoms with Crippen molar-refractivity contribution in [2.75, 3.05) is 26.2 Å². The first kappa shape index (κ1) is 21.6. The Morgan fingerprint density at radius 3 is 2.62 bits per heavy atom. The fourth-order valence-corrected chi connectivity index (χ4v) is 4.10. The predicted molar refractivity (Wildman–Crippen MR) is 103 cm³/mol. The number of piperidine rings is 1. The van der Waals surface area contributed by atoms with Gasteiger partial charge in [-0.25, -0.2) is 0 Å². The van der Waals surface area contributed by atoms with Gasteiger partial charge in [0.2, 0.25) is 11.8 Å². The zero-order valence-corrected chi connectivity index (χ0v) is 16.7. The van der Waals surface area contributed by atoms with E-state index in [4.69, 9.17) is 0 Å². The van der Waals surface area contributed by atoms with Crippen LogP contribution in [0.15, 0.2) is 24.3 Å².